The minimum Gasteiger partial charge on any atom is -0.0877 e. The van der Waals surface area contributed by atoms with Crippen molar-refractivity contribution in [2.24, 2.45) is 0 Å². The smallest absolute Gasteiger partial charge is 0.0604 e. The molecule has 0 spiro atoms. The molecule has 50 valence electrons. The first-order valence-electron chi connectivity index (χ1n) is 2.58. The lowest BCUT2D eigenvalue weighted by molar-refractivity contribution is 1.73. The van der Waals surface area contributed by atoms with E-state index in [1.807, 2.05) is 37.3 Å². The molecule has 0 saturated carbocycles. The van der Waals surface area contributed by atoms with E-state index in [1.54, 1.807) is 0 Å². The lowest BCUT2D eigenvalue weighted by atomic mass is 10.4. The Morgan fingerprint density at radius 2 is 1.78 bits per heavy atom. The van der Waals surface area contributed by atoms with E-state index in [2.05, 4.69) is 31.9 Å². The molecule has 0 amide bonds. The topological polar surface area (TPSA) is 0 Å². The third-order valence-electron chi connectivity index (χ3n) is 0.637. The van der Waals surface area contributed by atoms with Gasteiger partial charge >= 0.3 is 0 Å². The number of halogens is 2. The van der Waals surface area contributed by atoms with Gasteiger partial charge in [-0.05, 0) is 44.9 Å². The van der Waals surface area contributed by atoms with Crippen molar-refractivity contribution in [2.45, 2.75) is 6.92 Å². The third kappa shape index (κ3) is 8.18. The van der Waals surface area contributed by atoms with Crippen LogP contribution in [0.4, 0.5) is 0 Å². The predicted octanol–water partition coefficient (Wildman–Crippen LogP) is 3.75. The molecule has 0 aliphatic heterocycles. The van der Waals surface area contributed by atoms with E-state index >= 15 is 0 Å². The van der Waals surface area contributed by atoms with Gasteiger partial charge in [-0.25, -0.2) is 0 Å². The van der Waals surface area contributed by atoms with Crippen LogP contribution in [0.2, 0.25) is 0 Å². The molecule has 0 bridgehead atoms. The summed E-state index contributed by atoms with van der Waals surface area (Å²) in [5, 5.41) is 0. The molecular formula is C7H8Br2. The van der Waals surface area contributed by atoms with Gasteiger partial charge in [-0.1, -0.05) is 24.3 Å². The summed E-state index contributed by atoms with van der Waals surface area (Å²) < 4.78 is 0.954. The summed E-state index contributed by atoms with van der Waals surface area (Å²) in [4.78, 5) is 0. The monoisotopic (exact) mass is 250 g/mol. The van der Waals surface area contributed by atoms with Gasteiger partial charge in [0.05, 0.1) is 3.39 Å². The Morgan fingerprint density at radius 3 is 2.22 bits per heavy atom. The molecule has 0 rings (SSSR count). The van der Waals surface area contributed by atoms with Gasteiger partial charge in [0.15, 0.2) is 0 Å². The quantitative estimate of drug-likeness (QED) is 0.656. The van der Waals surface area contributed by atoms with Crippen molar-refractivity contribution < 1.29 is 0 Å². The van der Waals surface area contributed by atoms with Crippen LogP contribution < -0.4 is 0 Å². The molecule has 0 aromatic carbocycles. The second kappa shape index (κ2) is 6.30. The highest BCUT2D eigenvalue weighted by atomic mass is 79.9. The maximum atomic E-state index is 3.23. The summed E-state index contributed by atoms with van der Waals surface area (Å²) in [6.45, 7) is 1.98. The first kappa shape index (κ1) is 9.18. The summed E-state index contributed by atoms with van der Waals surface area (Å²) in [6, 6.07) is 0. The van der Waals surface area contributed by atoms with Crippen molar-refractivity contribution in [3.63, 3.8) is 0 Å². The van der Waals surface area contributed by atoms with Crippen LogP contribution in [-0.4, -0.2) is 0 Å². The molecule has 0 nitrogen and oxygen atoms in total. The fourth-order valence-electron chi connectivity index (χ4n) is 0.304. The lowest BCUT2D eigenvalue weighted by Gasteiger charge is -1.74. The highest BCUT2D eigenvalue weighted by molar-refractivity contribution is 9.28. The van der Waals surface area contributed by atoms with Crippen LogP contribution in [0, 0.1) is 0 Å². The second-order valence-corrected chi connectivity index (χ2v) is 4.14. The molecule has 0 aliphatic rings. The number of hydrogen-bond acceptors (Lipinski definition) is 0. The van der Waals surface area contributed by atoms with Crippen LogP contribution in [0.5, 0.6) is 0 Å². The highest BCUT2D eigenvalue weighted by Gasteiger charge is 1.72. The molecular weight excluding hydrogens is 244 g/mol. The first-order chi connectivity index (χ1) is 4.27. The molecule has 0 saturated heterocycles. The van der Waals surface area contributed by atoms with Crippen LogP contribution in [0.1, 0.15) is 6.92 Å². The maximum Gasteiger partial charge on any atom is 0.0604 e. The normalized spacial score (nSPS) is 11.0. The van der Waals surface area contributed by atoms with E-state index in [4.69, 9.17) is 0 Å². The van der Waals surface area contributed by atoms with Crippen LogP contribution in [0.25, 0.3) is 0 Å². The summed E-state index contributed by atoms with van der Waals surface area (Å²) >= 11 is 6.46. The standard InChI is InChI=1S/C7H8Br2/c1-2-3-4-5-6-7(8)9/h2-6H,1H3/b3-2+,5-4-. The van der Waals surface area contributed by atoms with Gasteiger partial charge in [0, 0.05) is 0 Å². The molecule has 0 N–H and O–H groups in total. The lowest BCUT2D eigenvalue weighted by Crippen LogP contribution is -1.49. The Bertz CT molecular complexity index is 139. The minimum absolute atomic E-state index is 0.954. The Balaban J connectivity index is 3.60. The van der Waals surface area contributed by atoms with Gasteiger partial charge < -0.3 is 0 Å². The predicted molar refractivity (Wildman–Crippen MR) is 49.9 cm³/mol. The zero-order chi connectivity index (χ0) is 7.11. The molecule has 0 radical (unpaired) electrons. The number of rotatable bonds is 2. The van der Waals surface area contributed by atoms with E-state index in [9.17, 15) is 0 Å². The summed E-state index contributed by atoms with van der Waals surface area (Å²) in [5.41, 5.74) is 0. The third-order valence-corrected chi connectivity index (χ3v) is 1.17. The molecule has 0 heterocycles. The van der Waals surface area contributed by atoms with E-state index in [0.717, 1.165) is 3.39 Å². The molecule has 0 unspecified atom stereocenters. The summed E-state index contributed by atoms with van der Waals surface area (Å²) in [5.74, 6) is 0. The Labute approximate surface area is 72.6 Å². The SMILES string of the molecule is C/C=C/C=C\C=C(Br)Br. The Kier molecular flexibility index (Phi) is 6.43. The van der Waals surface area contributed by atoms with E-state index in [-0.39, 0.29) is 0 Å². The minimum atomic E-state index is 0.954. The molecule has 0 aromatic heterocycles. The fourth-order valence-corrected chi connectivity index (χ4v) is 0.609. The zero-order valence-corrected chi connectivity index (χ0v) is 8.31. The van der Waals surface area contributed by atoms with Crippen molar-refractivity contribution in [1.29, 1.82) is 0 Å². The van der Waals surface area contributed by atoms with Crippen molar-refractivity contribution in [2.75, 3.05) is 0 Å². The highest BCUT2D eigenvalue weighted by Crippen LogP contribution is 2.11. The van der Waals surface area contributed by atoms with Gasteiger partial charge in [-0.2, -0.15) is 0 Å². The van der Waals surface area contributed by atoms with Crippen molar-refractivity contribution in [3.8, 4) is 0 Å². The summed E-state index contributed by atoms with van der Waals surface area (Å²) in [6.07, 6.45) is 9.77. The van der Waals surface area contributed by atoms with Crippen molar-refractivity contribution >= 4 is 31.9 Å². The van der Waals surface area contributed by atoms with Gasteiger partial charge in [0.2, 0.25) is 0 Å². The van der Waals surface area contributed by atoms with Gasteiger partial charge in [0.25, 0.3) is 0 Å². The van der Waals surface area contributed by atoms with Crippen LogP contribution in [0.15, 0.2) is 33.8 Å². The second-order valence-electron chi connectivity index (χ2n) is 1.37. The number of hydrogen-bond donors (Lipinski definition) is 0. The molecule has 0 fully saturated rings. The van der Waals surface area contributed by atoms with Crippen LogP contribution >= 0.6 is 31.9 Å². The number of allylic oxidation sites excluding steroid dienone is 5. The van der Waals surface area contributed by atoms with Crippen molar-refractivity contribution in [1.82, 2.24) is 0 Å². The Morgan fingerprint density at radius 1 is 1.11 bits per heavy atom. The Hall–Kier alpha value is 0.180. The average Bonchev–Trinajstić information content (AvgIpc) is 1.80. The first-order valence-corrected chi connectivity index (χ1v) is 4.16. The summed E-state index contributed by atoms with van der Waals surface area (Å²) in [7, 11) is 0. The van der Waals surface area contributed by atoms with Crippen molar-refractivity contribution in [3.05, 3.63) is 33.8 Å². The molecule has 2 heteroatoms. The molecule has 9 heavy (non-hydrogen) atoms. The van der Waals surface area contributed by atoms with Gasteiger partial charge in [-0.15, -0.1) is 0 Å². The van der Waals surface area contributed by atoms with E-state index in [0.29, 0.717) is 0 Å². The maximum absolute atomic E-state index is 3.23. The van der Waals surface area contributed by atoms with E-state index < -0.39 is 0 Å². The molecule has 0 aromatic rings. The average molecular weight is 252 g/mol. The van der Waals surface area contributed by atoms with Crippen LogP contribution in [0.3, 0.4) is 0 Å². The largest absolute Gasteiger partial charge is 0.0877 e. The fraction of sp³-hybridized carbons (Fsp3) is 0.143. The van der Waals surface area contributed by atoms with Crippen LogP contribution in [-0.2, 0) is 0 Å². The molecule has 0 atom stereocenters. The molecule has 0 aliphatic carbocycles. The van der Waals surface area contributed by atoms with E-state index in [1.165, 1.54) is 0 Å². The zero-order valence-electron chi connectivity index (χ0n) is 5.14. The van der Waals surface area contributed by atoms with Gasteiger partial charge in [-0.3, -0.25) is 0 Å². The van der Waals surface area contributed by atoms with Gasteiger partial charge in [0.1, 0.15) is 0 Å².